The van der Waals surface area contributed by atoms with E-state index in [0.717, 1.165) is 0 Å². The van der Waals surface area contributed by atoms with Crippen LogP contribution >= 0.6 is 0 Å². The topological polar surface area (TPSA) is 80.7 Å². The summed E-state index contributed by atoms with van der Waals surface area (Å²) in [6, 6.07) is 0. The predicted molar refractivity (Wildman–Crippen MR) is 58.7 cm³/mol. The van der Waals surface area contributed by atoms with Crippen LogP contribution in [0, 0.1) is 11.8 Å². The smallest absolute Gasteiger partial charge is 0.316 e. The molecule has 16 heavy (non-hydrogen) atoms. The number of aliphatic carboxylic acids is 1. The third kappa shape index (κ3) is 10.7. The van der Waals surface area contributed by atoms with Crippen molar-refractivity contribution in [2.75, 3.05) is 0 Å². The van der Waals surface area contributed by atoms with E-state index in [-0.39, 0.29) is 18.3 Å². The Morgan fingerprint density at radius 3 is 1.38 bits per heavy atom. The second-order valence-corrected chi connectivity index (χ2v) is 3.80. The zero-order valence-corrected chi connectivity index (χ0v) is 10.4. The molecule has 0 rings (SSSR count). The monoisotopic (exact) mass is 232 g/mol. The zero-order chi connectivity index (χ0) is 13.3. The van der Waals surface area contributed by atoms with Crippen LogP contribution in [0.25, 0.3) is 0 Å². The summed E-state index contributed by atoms with van der Waals surface area (Å²) < 4.78 is 4.50. The van der Waals surface area contributed by atoms with Gasteiger partial charge in [0.1, 0.15) is 0 Å². The van der Waals surface area contributed by atoms with E-state index < -0.39 is 17.9 Å². The number of hydrogen-bond donors (Lipinski definition) is 1. The number of carbonyl (C=O) groups excluding carboxylic acids is 2. The summed E-state index contributed by atoms with van der Waals surface area (Å²) in [5.41, 5.74) is 0. The van der Waals surface area contributed by atoms with Gasteiger partial charge in [0.15, 0.2) is 0 Å². The van der Waals surface area contributed by atoms with Crippen LogP contribution < -0.4 is 0 Å². The van der Waals surface area contributed by atoms with Crippen molar-refractivity contribution in [2.24, 2.45) is 11.8 Å². The van der Waals surface area contributed by atoms with Gasteiger partial charge < -0.3 is 9.84 Å². The summed E-state index contributed by atoms with van der Waals surface area (Å²) in [5, 5.41) is 7.72. The second-order valence-electron chi connectivity index (χ2n) is 3.80. The first kappa shape index (κ1) is 17.0. The van der Waals surface area contributed by atoms with Gasteiger partial charge in [0, 0.05) is 6.42 Å². The molecule has 0 atom stereocenters. The molecule has 5 heteroatoms. The van der Waals surface area contributed by atoms with Crippen LogP contribution in [0.1, 0.15) is 41.0 Å². The van der Waals surface area contributed by atoms with Gasteiger partial charge in [-0.2, -0.15) is 0 Å². The van der Waals surface area contributed by atoms with Gasteiger partial charge in [-0.3, -0.25) is 14.4 Å². The Labute approximate surface area is 95.8 Å². The van der Waals surface area contributed by atoms with Crippen molar-refractivity contribution < 1.29 is 24.2 Å². The Morgan fingerprint density at radius 2 is 1.25 bits per heavy atom. The van der Waals surface area contributed by atoms with E-state index in [2.05, 4.69) is 4.74 Å². The zero-order valence-electron chi connectivity index (χ0n) is 10.4. The molecule has 0 aliphatic rings. The molecule has 0 aromatic carbocycles. The van der Waals surface area contributed by atoms with E-state index in [1.165, 1.54) is 0 Å². The highest BCUT2D eigenvalue weighted by atomic mass is 16.6. The van der Waals surface area contributed by atoms with Gasteiger partial charge in [0.05, 0.1) is 11.8 Å². The van der Waals surface area contributed by atoms with Crippen molar-refractivity contribution in [3.63, 3.8) is 0 Å². The van der Waals surface area contributed by atoms with Crippen molar-refractivity contribution in [3.8, 4) is 0 Å². The fraction of sp³-hybridized carbons (Fsp3) is 0.727. The van der Waals surface area contributed by atoms with Gasteiger partial charge in [0.25, 0.3) is 0 Å². The summed E-state index contributed by atoms with van der Waals surface area (Å²) in [7, 11) is 0. The molecule has 1 N–H and O–H groups in total. The quantitative estimate of drug-likeness (QED) is 0.593. The van der Waals surface area contributed by atoms with Gasteiger partial charge in [-0.1, -0.05) is 34.6 Å². The molecule has 0 aliphatic carbocycles. The van der Waals surface area contributed by atoms with Crippen molar-refractivity contribution in [1.29, 1.82) is 0 Å². The number of hydrogen-bond acceptors (Lipinski definition) is 4. The molecule has 94 valence electrons. The number of carboxylic acids is 1. The van der Waals surface area contributed by atoms with Crippen molar-refractivity contribution in [2.45, 2.75) is 41.0 Å². The van der Waals surface area contributed by atoms with Crippen molar-refractivity contribution in [3.05, 3.63) is 0 Å². The van der Waals surface area contributed by atoms with Crippen LogP contribution in [0.5, 0.6) is 0 Å². The Hall–Kier alpha value is -1.39. The van der Waals surface area contributed by atoms with Crippen molar-refractivity contribution in [1.82, 2.24) is 0 Å². The largest absolute Gasteiger partial charge is 0.481 e. The SMILES string of the molecule is CC(C)C(=O)OC(=O)C(C)C.CCC(=O)O. The number of carbonyl (C=O) groups is 3. The molecule has 5 nitrogen and oxygen atoms in total. The lowest BCUT2D eigenvalue weighted by Gasteiger charge is -2.06. The minimum absolute atomic E-state index is 0.222. The summed E-state index contributed by atoms with van der Waals surface area (Å²) in [4.78, 5) is 31.0. The maximum absolute atomic E-state index is 10.8. The molecule has 0 unspecified atom stereocenters. The third-order valence-electron chi connectivity index (χ3n) is 1.45. The van der Waals surface area contributed by atoms with Gasteiger partial charge in [-0.05, 0) is 0 Å². The van der Waals surface area contributed by atoms with E-state index in [9.17, 15) is 14.4 Å². The molecule has 0 saturated heterocycles. The Bertz CT molecular complexity index is 225. The highest BCUT2D eigenvalue weighted by Crippen LogP contribution is 2.01. The minimum Gasteiger partial charge on any atom is -0.481 e. The normalized spacial score (nSPS) is 9.44. The van der Waals surface area contributed by atoms with Gasteiger partial charge in [0.2, 0.25) is 0 Å². The minimum atomic E-state index is -0.745. The van der Waals surface area contributed by atoms with Crippen molar-refractivity contribution >= 4 is 17.9 Å². The Balaban J connectivity index is 0. The number of esters is 2. The summed E-state index contributed by atoms with van der Waals surface area (Å²) in [6.45, 7) is 8.36. The van der Waals surface area contributed by atoms with E-state index in [0.29, 0.717) is 0 Å². The van der Waals surface area contributed by atoms with Gasteiger partial charge >= 0.3 is 17.9 Å². The van der Waals surface area contributed by atoms with Gasteiger partial charge in [-0.15, -0.1) is 0 Å². The number of ether oxygens (including phenoxy) is 1. The van der Waals surface area contributed by atoms with Crippen LogP contribution in [0.2, 0.25) is 0 Å². The molecule has 0 spiro atoms. The van der Waals surface area contributed by atoms with Crippen LogP contribution in [-0.4, -0.2) is 23.0 Å². The molecular weight excluding hydrogens is 212 g/mol. The number of rotatable bonds is 3. The molecule has 0 radical (unpaired) electrons. The van der Waals surface area contributed by atoms with E-state index in [1.807, 2.05) is 0 Å². The molecule has 0 aliphatic heterocycles. The highest BCUT2D eigenvalue weighted by molar-refractivity contribution is 5.87. The lowest BCUT2D eigenvalue weighted by atomic mass is 10.2. The van der Waals surface area contributed by atoms with Gasteiger partial charge in [-0.25, -0.2) is 0 Å². The Morgan fingerprint density at radius 1 is 1.00 bits per heavy atom. The molecule has 0 aromatic rings. The first-order chi connectivity index (χ1) is 7.22. The number of carboxylic acid groups (broad SMARTS) is 1. The molecule has 0 heterocycles. The molecule has 0 saturated carbocycles. The third-order valence-corrected chi connectivity index (χ3v) is 1.45. The Kier molecular flexibility index (Phi) is 9.45. The molecule has 0 fully saturated rings. The first-order valence-electron chi connectivity index (χ1n) is 5.19. The molecule has 0 aromatic heterocycles. The lowest BCUT2D eigenvalue weighted by Crippen LogP contribution is -2.20. The maximum atomic E-state index is 10.8. The predicted octanol–water partition coefficient (Wildman–Crippen LogP) is 1.85. The second kappa shape index (κ2) is 8.88. The van der Waals surface area contributed by atoms with E-state index in [4.69, 9.17) is 5.11 Å². The van der Waals surface area contributed by atoms with E-state index >= 15 is 0 Å². The molecular formula is C11H20O5. The van der Waals surface area contributed by atoms with Crippen LogP contribution in [0.15, 0.2) is 0 Å². The summed E-state index contributed by atoms with van der Waals surface area (Å²) >= 11 is 0. The fourth-order valence-corrected chi connectivity index (χ4v) is 0.335. The molecule has 0 bridgehead atoms. The summed E-state index contributed by atoms with van der Waals surface area (Å²) in [6.07, 6.45) is 0.222. The van der Waals surface area contributed by atoms with Crippen LogP contribution in [0.3, 0.4) is 0 Å². The molecule has 0 amide bonds. The standard InChI is InChI=1S/C8H14O3.C3H6O2/c1-5(2)7(9)11-8(10)6(3)4;1-2-3(4)5/h5-6H,1-4H3;2H2,1H3,(H,4,5). The van der Waals surface area contributed by atoms with E-state index in [1.54, 1.807) is 34.6 Å². The summed E-state index contributed by atoms with van der Waals surface area (Å²) in [5.74, 6) is -2.13. The van der Waals surface area contributed by atoms with Crippen LogP contribution in [-0.2, 0) is 19.1 Å². The maximum Gasteiger partial charge on any atom is 0.316 e. The lowest BCUT2D eigenvalue weighted by molar-refractivity contribution is -0.164. The average molecular weight is 232 g/mol. The van der Waals surface area contributed by atoms with Crippen LogP contribution in [0.4, 0.5) is 0 Å². The average Bonchev–Trinajstić information content (AvgIpc) is 2.18. The first-order valence-corrected chi connectivity index (χ1v) is 5.19. The highest BCUT2D eigenvalue weighted by Gasteiger charge is 2.16. The fourth-order valence-electron chi connectivity index (χ4n) is 0.335.